The standard InChI is InChI=1S/C21H28N2O6S/c1-5-29-19-10-7-6-9-18(19)23(30(4,25)26)14-8-11-21(24)22-17-13-12-16(27-2)15-20(17)28-3/h6-7,9-10,12-13,15H,5,8,11,14H2,1-4H3,(H,22,24). The van der Waals surface area contributed by atoms with Crippen LogP contribution in [-0.4, -0.2) is 48.0 Å². The highest BCUT2D eigenvalue weighted by Crippen LogP contribution is 2.31. The summed E-state index contributed by atoms with van der Waals surface area (Å²) in [6.07, 6.45) is 1.61. The van der Waals surface area contributed by atoms with E-state index < -0.39 is 10.0 Å². The van der Waals surface area contributed by atoms with E-state index in [9.17, 15) is 13.2 Å². The molecule has 0 bridgehead atoms. The fourth-order valence-electron chi connectivity index (χ4n) is 2.90. The van der Waals surface area contributed by atoms with Crippen molar-refractivity contribution in [3.8, 4) is 17.2 Å². The normalized spacial score (nSPS) is 10.9. The van der Waals surface area contributed by atoms with Gasteiger partial charge in [-0.1, -0.05) is 12.1 Å². The van der Waals surface area contributed by atoms with Gasteiger partial charge in [-0.25, -0.2) is 8.42 Å². The highest BCUT2D eigenvalue weighted by molar-refractivity contribution is 7.92. The number of amides is 1. The molecule has 2 aromatic carbocycles. The van der Waals surface area contributed by atoms with E-state index in [1.165, 1.54) is 11.4 Å². The van der Waals surface area contributed by atoms with E-state index in [0.29, 0.717) is 41.7 Å². The smallest absolute Gasteiger partial charge is 0.232 e. The van der Waals surface area contributed by atoms with Gasteiger partial charge < -0.3 is 19.5 Å². The summed E-state index contributed by atoms with van der Waals surface area (Å²) in [5.74, 6) is 1.33. The van der Waals surface area contributed by atoms with Crippen LogP contribution in [0.3, 0.4) is 0 Å². The Hall–Kier alpha value is -2.94. The number of rotatable bonds is 11. The molecule has 0 aliphatic rings. The third kappa shape index (κ3) is 6.28. The molecule has 2 aromatic rings. The molecule has 0 saturated carbocycles. The number of ether oxygens (including phenoxy) is 3. The number of hydrogen-bond acceptors (Lipinski definition) is 6. The number of para-hydroxylation sites is 2. The second kappa shape index (κ2) is 10.7. The maximum Gasteiger partial charge on any atom is 0.232 e. The second-order valence-electron chi connectivity index (χ2n) is 6.45. The predicted octanol–water partition coefficient (Wildman–Crippen LogP) is 3.29. The molecule has 0 radical (unpaired) electrons. The van der Waals surface area contributed by atoms with Crippen molar-refractivity contribution in [2.24, 2.45) is 0 Å². The number of nitrogens with zero attached hydrogens (tertiary/aromatic N) is 1. The summed E-state index contributed by atoms with van der Waals surface area (Å²) in [5.41, 5.74) is 0.976. The van der Waals surface area contributed by atoms with Gasteiger partial charge in [-0.3, -0.25) is 9.10 Å². The highest BCUT2D eigenvalue weighted by atomic mass is 32.2. The lowest BCUT2D eigenvalue weighted by Gasteiger charge is -2.24. The Morgan fingerprint density at radius 1 is 1.07 bits per heavy atom. The molecule has 9 heteroatoms. The molecule has 8 nitrogen and oxygen atoms in total. The van der Waals surface area contributed by atoms with E-state index in [-0.39, 0.29) is 18.9 Å². The molecule has 1 N–H and O–H groups in total. The van der Waals surface area contributed by atoms with Gasteiger partial charge in [0.2, 0.25) is 15.9 Å². The van der Waals surface area contributed by atoms with Crippen molar-refractivity contribution in [3.05, 3.63) is 42.5 Å². The minimum Gasteiger partial charge on any atom is -0.497 e. The molecular weight excluding hydrogens is 408 g/mol. The summed E-state index contributed by atoms with van der Waals surface area (Å²) in [7, 11) is -0.496. The average Bonchev–Trinajstić information content (AvgIpc) is 2.71. The number of nitrogens with one attached hydrogen (secondary N) is 1. The van der Waals surface area contributed by atoms with Gasteiger partial charge in [0.05, 0.1) is 38.5 Å². The first-order chi connectivity index (χ1) is 14.3. The third-order valence-electron chi connectivity index (χ3n) is 4.28. The van der Waals surface area contributed by atoms with Crippen LogP contribution in [0.2, 0.25) is 0 Å². The minimum atomic E-state index is -3.55. The topological polar surface area (TPSA) is 94.2 Å². The fraction of sp³-hybridized carbons (Fsp3) is 0.381. The molecule has 0 spiro atoms. The van der Waals surface area contributed by atoms with Gasteiger partial charge in [0.15, 0.2) is 0 Å². The quantitative estimate of drug-likeness (QED) is 0.581. The molecule has 0 atom stereocenters. The Bertz CT molecular complexity index is 962. The van der Waals surface area contributed by atoms with Crippen molar-refractivity contribution >= 4 is 27.3 Å². The van der Waals surface area contributed by atoms with Crippen LogP contribution in [0.1, 0.15) is 19.8 Å². The summed E-state index contributed by atoms with van der Waals surface area (Å²) in [6, 6.07) is 12.0. The summed E-state index contributed by atoms with van der Waals surface area (Å²) in [6.45, 7) is 2.40. The van der Waals surface area contributed by atoms with Gasteiger partial charge in [-0.05, 0) is 37.6 Å². The SMILES string of the molecule is CCOc1ccccc1N(CCCC(=O)Nc1ccc(OC)cc1OC)S(C)(=O)=O. The molecule has 2 rings (SSSR count). The van der Waals surface area contributed by atoms with Crippen molar-refractivity contribution < 1.29 is 27.4 Å². The summed E-state index contributed by atoms with van der Waals surface area (Å²) >= 11 is 0. The zero-order valence-electron chi connectivity index (χ0n) is 17.7. The van der Waals surface area contributed by atoms with Crippen LogP contribution in [0.4, 0.5) is 11.4 Å². The van der Waals surface area contributed by atoms with Gasteiger partial charge in [-0.15, -0.1) is 0 Å². The third-order valence-corrected chi connectivity index (χ3v) is 5.46. The van der Waals surface area contributed by atoms with Crippen molar-refractivity contribution in [1.29, 1.82) is 0 Å². The first-order valence-corrected chi connectivity index (χ1v) is 11.4. The van der Waals surface area contributed by atoms with Gasteiger partial charge in [0, 0.05) is 19.0 Å². The zero-order valence-corrected chi connectivity index (χ0v) is 18.5. The molecule has 0 saturated heterocycles. The van der Waals surface area contributed by atoms with Crippen LogP contribution in [0.15, 0.2) is 42.5 Å². The van der Waals surface area contributed by atoms with Gasteiger partial charge >= 0.3 is 0 Å². The van der Waals surface area contributed by atoms with E-state index in [4.69, 9.17) is 14.2 Å². The highest BCUT2D eigenvalue weighted by Gasteiger charge is 2.21. The molecule has 0 unspecified atom stereocenters. The summed E-state index contributed by atoms with van der Waals surface area (Å²) in [5, 5.41) is 2.78. The summed E-state index contributed by atoms with van der Waals surface area (Å²) in [4.78, 5) is 12.4. The number of carbonyl (C=O) groups excluding carboxylic acids is 1. The number of sulfonamides is 1. The van der Waals surface area contributed by atoms with Crippen molar-refractivity contribution in [2.45, 2.75) is 19.8 Å². The first-order valence-electron chi connectivity index (χ1n) is 9.51. The van der Waals surface area contributed by atoms with Crippen LogP contribution in [-0.2, 0) is 14.8 Å². The largest absolute Gasteiger partial charge is 0.497 e. The van der Waals surface area contributed by atoms with Gasteiger partial charge in [0.25, 0.3) is 0 Å². The predicted molar refractivity (Wildman–Crippen MR) is 117 cm³/mol. The van der Waals surface area contributed by atoms with Crippen LogP contribution in [0, 0.1) is 0 Å². The lowest BCUT2D eigenvalue weighted by atomic mass is 10.2. The zero-order chi connectivity index (χ0) is 22.1. The molecule has 0 aliphatic carbocycles. The van der Waals surface area contributed by atoms with E-state index in [1.807, 2.05) is 6.92 Å². The number of carbonyl (C=O) groups is 1. The molecule has 1 amide bonds. The molecular formula is C21H28N2O6S. The Kier molecular flexibility index (Phi) is 8.35. The van der Waals surface area contributed by atoms with E-state index >= 15 is 0 Å². The van der Waals surface area contributed by atoms with Gasteiger partial charge in [0.1, 0.15) is 17.2 Å². The lowest BCUT2D eigenvalue weighted by molar-refractivity contribution is -0.116. The second-order valence-corrected chi connectivity index (χ2v) is 8.36. The van der Waals surface area contributed by atoms with Crippen LogP contribution < -0.4 is 23.8 Å². The van der Waals surface area contributed by atoms with Crippen LogP contribution in [0.5, 0.6) is 17.2 Å². The van der Waals surface area contributed by atoms with Crippen molar-refractivity contribution in [2.75, 3.05) is 43.2 Å². The Balaban J connectivity index is 2.05. The maximum absolute atomic E-state index is 12.4. The molecule has 30 heavy (non-hydrogen) atoms. The molecule has 0 aromatic heterocycles. The lowest BCUT2D eigenvalue weighted by Crippen LogP contribution is -2.32. The maximum atomic E-state index is 12.4. The fourth-order valence-corrected chi connectivity index (χ4v) is 3.87. The Morgan fingerprint density at radius 2 is 1.80 bits per heavy atom. The van der Waals surface area contributed by atoms with E-state index in [0.717, 1.165) is 6.26 Å². The molecule has 164 valence electrons. The van der Waals surface area contributed by atoms with Crippen molar-refractivity contribution in [1.82, 2.24) is 0 Å². The van der Waals surface area contributed by atoms with E-state index in [1.54, 1.807) is 49.6 Å². The van der Waals surface area contributed by atoms with E-state index in [2.05, 4.69) is 5.32 Å². The molecule has 0 heterocycles. The Labute approximate surface area is 177 Å². The van der Waals surface area contributed by atoms with Crippen LogP contribution >= 0.6 is 0 Å². The van der Waals surface area contributed by atoms with Crippen LogP contribution in [0.25, 0.3) is 0 Å². The molecule has 0 fully saturated rings. The number of methoxy groups -OCH3 is 2. The monoisotopic (exact) mass is 436 g/mol. The summed E-state index contributed by atoms with van der Waals surface area (Å²) < 4.78 is 41.9. The molecule has 0 aliphatic heterocycles. The number of benzene rings is 2. The minimum absolute atomic E-state index is 0.137. The van der Waals surface area contributed by atoms with Gasteiger partial charge in [-0.2, -0.15) is 0 Å². The first kappa shape index (κ1) is 23.3. The van der Waals surface area contributed by atoms with Crippen molar-refractivity contribution in [3.63, 3.8) is 0 Å². The average molecular weight is 437 g/mol. The number of hydrogen-bond donors (Lipinski definition) is 1. The number of anilines is 2. The Morgan fingerprint density at radius 3 is 2.43 bits per heavy atom.